The number of nitrogens with zero attached hydrogens (tertiary/aromatic N) is 2. The lowest BCUT2D eigenvalue weighted by molar-refractivity contribution is 0.254. The number of ether oxygens (including phenoxy) is 2. The van der Waals surface area contributed by atoms with Crippen molar-refractivity contribution in [1.82, 2.24) is 10.2 Å². The van der Waals surface area contributed by atoms with Gasteiger partial charge in [0.2, 0.25) is 5.13 Å². The van der Waals surface area contributed by atoms with E-state index in [1.165, 1.54) is 12.0 Å². The SMILES string of the molecule is CCCCNc1nnc(SCc2cc3c(cc2OCC)CC(C)O3)s1. The van der Waals surface area contributed by atoms with E-state index in [4.69, 9.17) is 9.47 Å². The van der Waals surface area contributed by atoms with Crippen molar-refractivity contribution < 1.29 is 9.47 Å². The molecule has 3 rings (SSSR count). The molecule has 0 saturated heterocycles. The molecule has 0 spiro atoms. The molecule has 2 heterocycles. The summed E-state index contributed by atoms with van der Waals surface area (Å²) in [5, 5.41) is 12.7. The Bertz CT molecular complexity index is 706. The van der Waals surface area contributed by atoms with E-state index >= 15 is 0 Å². The second kappa shape index (κ2) is 8.76. The number of unbranched alkanes of at least 4 members (excludes halogenated alkanes) is 1. The van der Waals surface area contributed by atoms with Crippen LogP contribution in [0.1, 0.15) is 44.7 Å². The summed E-state index contributed by atoms with van der Waals surface area (Å²) in [6, 6.07) is 4.26. The predicted molar refractivity (Wildman–Crippen MR) is 104 cm³/mol. The van der Waals surface area contributed by atoms with Gasteiger partial charge < -0.3 is 14.8 Å². The Morgan fingerprint density at radius 2 is 2.24 bits per heavy atom. The third kappa shape index (κ3) is 4.79. The molecule has 2 aromatic rings. The van der Waals surface area contributed by atoms with Gasteiger partial charge in [0.05, 0.1) is 6.61 Å². The summed E-state index contributed by atoms with van der Waals surface area (Å²) in [7, 11) is 0. The molecule has 0 bridgehead atoms. The normalized spacial score (nSPS) is 15.7. The highest BCUT2D eigenvalue weighted by atomic mass is 32.2. The molecule has 1 unspecified atom stereocenters. The largest absolute Gasteiger partial charge is 0.494 e. The Labute approximate surface area is 157 Å². The molecule has 1 aliphatic rings. The van der Waals surface area contributed by atoms with Crippen molar-refractivity contribution in [2.24, 2.45) is 0 Å². The van der Waals surface area contributed by atoms with Gasteiger partial charge in [-0.05, 0) is 32.4 Å². The summed E-state index contributed by atoms with van der Waals surface area (Å²) < 4.78 is 12.7. The fourth-order valence-electron chi connectivity index (χ4n) is 2.74. The van der Waals surface area contributed by atoms with Gasteiger partial charge >= 0.3 is 0 Å². The predicted octanol–water partition coefficient (Wildman–Crippen LogP) is 4.76. The van der Waals surface area contributed by atoms with Crippen LogP contribution in [0, 0.1) is 0 Å². The van der Waals surface area contributed by atoms with Gasteiger partial charge in [0.25, 0.3) is 0 Å². The van der Waals surface area contributed by atoms with Gasteiger partial charge in [-0.1, -0.05) is 36.4 Å². The lowest BCUT2D eigenvalue weighted by Gasteiger charge is -2.11. The Kier molecular flexibility index (Phi) is 6.42. The van der Waals surface area contributed by atoms with Crippen molar-refractivity contribution in [1.29, 1.82) is 0 Å². The van der Waals surface area contributed by atoms with Gasteiger partial charge in [-0.2, -0.15) is 0 Å². The minimum absolute atomic E-state index is 0.243. The van der Waals surface area contributed by atoms with Gasteiger partial charge in [-0.25, -0.2) is 0 Å². The van der Waals surface area contributed by atoms with Crippen molar-refractivity contribution in [2.75, 3.05) is 18.5 Å². The summed E-state index contributed by atoms with van der Waals surface area (Å²) in [6.07, 6.45) is 3.51. The van der Waals surface area contributed by atoms with E-state index < -0.39 is 0 Å². The maximum atomic E-state index is 5.89. The highest BCUT2D eigenvalue weighted by Crippen LogP contribution is 2.38. The number of thioether (sulfide) groups is 1. The average molecular weight is 380 g/mol. The van der Waals surface area contributed by atoms with Crippen molar-refractivity contribution in [3.05, 3.63) is 23.3 Å². The molecule has 1 aliphatic heterocycles. The summed E-state index contributed by atoms with van der Waals surface area (Å²) in [5.41, 5.74) is 2.39. The Morgan fingerprint density at radius 1 is 1.36 bits per heavy atom. The van der Waals surface area contributed by atoms with E-state index in [0.717, 1.165) is 51.7 Å². The summed E-state index contributed by atoms with van der Waals surface area (Å²) in [5.74, 6) is 2.74. The number of benzene rings is 1. The first-order valence-corrected chi connectivity index (χ1v) is 10.6. The van der Waals surface area contributed by atoms with Crippen LogP contribution in [0.15, 0.2) is 16.5 Å². The van der Waals surface area contributed by atoms with Crippen molar-refractivity contribution in [3.8, 4) is 11.5 Å². The number of fused-ring (bicyclic) bond motifs is 1. The molecular weight excluding hydrogens is 354 g/mol. The molecule has 1 aromatic heterocycles. The fourth-order valence-corrected chi connectivity index (χ4v) is 4.49. The molecular formula is C18H25N3O2S2. The number of anilines is 1. The highest BCUT2D eigenvalue weighted by molar-refractivity contribution is 8.00. The first-order chi connectivity index (χ1) is 12.2. The maximum Gasteiger partial charge on any atom is 0.206 e. The van der Waals surface area contributed by atoms with Crippen molar-refractivity contribution in [2.45, 2.75) is 56.2 Å². The first-order valence-electron chi connectivity index (χ1n) is 8.85. The van der Waals surface area contributed by atoms with Crippen LogP contribution < -0.4 is 14.8 Å². The number of nitrogens with one attached hydrogen (secondary N) is 1. The molecule has 136 valence electrons. The van der Waals surface area contributed by atoms with Gasteiger partial charge in [-0.3, -0.25) is 0 Å². The van der Waals surface area contributed by atoms with Gasteiger partial charge in [0, 0.05) is 29.8 Å². The van der Waals surface area contributed by atoms with Gasteiger partial charge in [-0.15, -0.1) is 10.2 Å². The topological polar surface area (TPSA) is 56.3 Å². The molecule has 0 aliphatic carbocycles. The van der Waals surface area contributed by atoms with Gasteiger partial charge in [0.1, 0.15) is 17.6 Å². The van der Waals surface area contributed by atoms with E-state index in [0.29, 0.717) is 6.61 Å². The zero-order valence-corrected chi connectivity index (χ0v) is 16.6. The minimum Gasteiger partial charge on any atom is -0.494 e. The zero-order valence-electron chi connectivity index (χ0n) is 15.0. The monoisotopic (exact) mass is 379 g/mol. The highest BCUT2D eigenvalue weighted by Gasteiger charge is 2.22. The van der Waals surface area contributed by atoms with Crippen LogP contribution in [0.3, 0.4) is 0 Å². The summed E-state index contributed by atoms with van der Waals surface area (Å²) in [6.45, 7) is 7.91. The number of rotatable bonds is 9. The van der Waals surface area contributed by atoms with Crippen LogP contribution in [0.25, 0.3) is 0 Å². The fraction of sp³-hybridized carbons (Fsp3) is 0.556. The van der Waals surface area contributed by atoms with Crippen LogP contribution in [-0.4, -0.2) is 29.5 Å². The molecule has 7 heteroatoms. The lowest BCUT2D eigenvalue weighted by Crippen LogP contribution is -2.05. The Hall–Kier alpha value is -1.47. The molecule has 0 fully saturated rings. The third-order valence-electron chi connectivity index (χ3n) is 3.94. The Balaban J connectivity index is 1.65. The second-order valence-corrected chi connectivity index (χ2v) is 8.28. The van der Waals surface area contributed by atoms with E-state index in [2.05, 4.69) is 41.5 Å². The van der Waals surface area contributed by atoms with E-state index in [1.807, 2.05) is 6.92 Å². The standard InChI is InChI=1S/C18H25N3O2S2/c1-4-6-7-19-17-20-21-18(25-17)24-11-14-10-16-13(8-12(3)23-16)9-15(14)22-5-2/h9-10,12H,4-8,11H2,1-3H3,(H,19,20). The molecule has 0 saturated carbocycles. The zero-order chi connectivity index (χ0) is 17.6. The third-order valence-corrected chi connectivity index (χ3v) is 6.01. The van der Waals surface area contributed by atoms with E-state index in [9.17, 15) is 0 Å². The van der Waals surface area contributed by atoms with Crippen molar-refractivity contribution >= 4 is 28.2 Å². The molecule has 0 radical (unpaired) electrons. The summed E-state index contributed by atoms with van der Waals surface area (Å²) in [4.78, 5) is 0. The summed E-state index contributed by atoms with van der Waals surface area (Å²) >= 11 is 3.29. The molecule has 25 heavy (non-hydrogen) atoms. The number of hydrogen-bond donors (Lipinski definition) is 1. The van der Waals surface area contributed by atoms with Crippen LogP contribution in [0.5, 0.6) is 11.5 Å². The molecule has 1 atom stereocenters. The lowest BCUT2D eigenvalue weighted by atomic mass is 10.1. The average Bonchev–Trinajstić information content (AvgIpc) is 3.18. The van der Waals surface area contributed by atoms with Crippen molar-refractivity contribution in [3.63, 3.8) is 0 Å². The van der Waals surface area contributed by atoms with E-state index in [-0.39, 0.29) is 6.10 Å². The quantitative estimate of drug-likeness (QED) is 0.500. The number of aromatic nitrogens is 2. The van der Waals surface area contributed by atoms with E-state index in [1.54, 1.807) is 23.1 Å². The van der Waals surface area contributed by atoms with Gasteiger partial charge in [0.15, 0.2) is 4.34 Å². The molecule has 1 aromatic carbocycles. The first kappa shape index (κ1) is 18.3. The molecule has 1 N–H and O–H groups in total. The maximum absolute atomic E-state index is 5.89. The minimum atomic E-state index is 0.243. The van der Waals surface area contributed by atoms with Crippen LogP contribution in [0.2, 0.25) is 0 Å². The Morgan fingerprint density at radius 3 is 3.04 bits per heavy atom. The van der Waals surface area contributed by atoms with Crippen LogP contribution in [0.4, 0.5) is 5.13 Å². The van der Waals surface area contributed by atoms with Crippen LogP contribution in [-0.2, 0) is 12.2 Å². The smallest absolute Gasteiger partial charge is 0.206 e. The number of hydrogen-bond acceptors (Lipinski definition) is 7. The molecule has 5 nitrogen and oxygen atoms in total. The van der Waals surface area contributed by atoms with Crippen LogP contribution >= 0.6 is 23.1 Å². The second-order valence-electron chi connectivity index (χ2n) is 6.08. The molecule has 0 amide bonds.